The van der Waals surface area contributed by atoms with Crippen molar-refractivity contribution in [2.75, 3.05) is 0 Å². The molecule has 4 rings (SSSR count). The van der Waals surface area contributed by atoms with E-state index in [0.717, 1.165) is 5.56 Å². The second kappa shape index (κ2) is 5.40. The number of aliphatic hydroxyl groups excluding tert-OH is 1. The van der Waals surface area contributed by atoms with Gasteiger partial charge in [-0.2, -0.15) is 0 Å². The normalized spacial score (nSPS) is 40.8. The maximum atomic E-state index is 10.4. The molecule has 5 nitrogen and oxygen atoms in total. The van der Waals surface area contributed by atoms with Gasteiger partial charge in [0.15, 0.2) is 12.1 Å². The van der Waals surface area contributed by atoms with Gasteiger partial charge in [0.25, 0.3) is 0 Å². The molecule has 0 unspecified atom stereocenters. The van der Waals surface area contributed by atoms with Crippen LogP contribution < -0.4 is 0 Å². The topological polar surface area (TPSA) is 57.2 Å². The van der Waals surface area contributed by atoms with E-state index in [0.29, 0.717) is 13.0 Å². The minimum atomic E-state index is -0.827. The second-order valence-corrected chi connectivity index (χ2v) is 6.81. The Morgan fingerprint density at radius 3 is 2.74 bits per heavy atom. The molecule has 2 heterocycles. The monoisotopic (exact) mass is 318 g/mol. The Bertz CT molecular complexity index is 599. The standard InChI is InChI=1S/C18H22O5/c1-17(2)22-15-16(23-17)21-14-13(19)9-6-10-18(14,15)20-11-12-7-4-3-5-8-12/h3-8,10,13-16,19H,9,11H2,1-2H3/t13-,14-,15+,16-,18-/m1/s1. The smallest absolute Gasteiger partial charge is 0.191 e. The highest BCUT2D eigenvalue weighted by Gasteiger charge is 2.65. The first-order valence-corrected chi connectivity index (χ1v) is 8.05. The van der Waals surface area contributed by atoms with Crippen molar-refractivity contribution in [1.82, 2.24) is 0 Å². The van der Waals surface area contributed by atoms with Crippen LogP contribution in [0.3, 0.4) is 0 Å². The summed E-state index contributed by atoms with van der Waals surface area (Å²) < 4.78 is 24.1. The minimum Gasteiger partial charge on any atom is -0.390 e. The first-order chi connectivity index (χ1) is 11.0. The Morgan fingerprint density at radius 1 is 1.17 bits per heavy atom. The average molecular weight is 318 g/mol. The van der Waals surface area contributed by atoms with Gasteiger partial charge in [-0.05, 0) is 25.8 Å². The first-order valence-electron chi connectivity index (χ1n) is 8.05. The lowest BCUT2D eigenvalue weighted by Gasteiger charge is -2.39. The Labute approximate surface area is 135 Å². The largest absolute Gasteiger partial charge is 0.390 e. The molecule has 1 aromatic rings. The van der Waals surface area contributed by atoms with E-state index in [9.17, 15) is 5.11 Å². The zero-order valence-corrected chi connectivity index (χ0v) is 13.3. The van der Waals surface area contributed by atoms with Gasteiger partial charge in [-0.3, -0.25) is 0 Å². The molecule has 3 aliphatic rings. The summed E-state index contributed by atoms with van der Waals surface area (Å²) in [6.07, 6.45) is 2.43. The minimum absolute atomic E-state index is 0.391. The van der Waals surface area contributed by atoms with Crippen LogP contribution in [-0.2, 0) is 25.6 Å². The summed E-state index contributed by atoms with van der Waals surface area (Å²) in [7, 11) is 0. The van der Waals surface area contributed by atoms with Crippen LogP contribution in [0.2, 0.25) is 0 Å². The molecule has 1 N–H and O–H groups in total. The van der Waals surface area contributed by atoms with Crippen molar-refractivity contribution in [1.29, 1.82) is 0 Å². The molecule has 0 spiro atoms. The molecule has 1 aliphatic carbocycles. The van der Waals surface area contributed by atoms with Crippen molar-refractivity contribution in [3.05, 3.63) is 48.0 Å². The van der Waals surface area contributed by atoms with E-state index in [4.69, 9.17) is 18.9 Å². The predicted molar refractivity (Wildman–Crippen MR) is 82.4 cm³/mol. The molecule has 0 bridgehead atoms. The van der Waals surface area contributed by atoms with Gasteiger partial charge >= 0.3 is 0 Å². The second-order valence-electron chi connectivity index (χ2n) is 6.81. The molecule has 0 radical (unpaired) electrons. The molecule has 2 fully saturated rings. The van der Waals surface area contributed by atoms with Gasteiger partial charge in [0.2, 0.25) is 0 Å². The number of fused-ring (bicyclic) bond motifs is 3. The highest BCUT2D eigenvalue weighted by Crippen LogP contribution is 2.48. The van der Waals surface area contributed by atoms with Gasteiger partial charge in [-0.25, -0.2) is 0 Å². The van der Waals surface area contributed by atoms with E-state index < -0.39 is 36.0 Å². The molecule has 0 saturated carbocycles. The van der Waals surface area contributed by atoms with Gasteiger partial charge in [-0.15, -0.1) is 0 Å². The maximum absolute atomic E-state index is 10.4. The van der Waals surface area contributed by atoms with Crippen LogP contribution in [0.25, 0.3) is 0 Å². The molecular weight excluding hydrogens is 296 g/mol. The number of ether oxygens (including phenoxy) is 4. The van der Waals surface area contributed by atoms with E-state index in [1.807, 2.05) is 56.3 Å². The molecule has 0 amide bonds. The van der Waals surface area contributed by atoms with Crippen molar-refractivity contribution < 1.29 is 24.1 Å². The van der Waals surface area contributed by atoms with Gasteiger partial charge in [0.05, 0.1) is 12.7 Å². The predicted octanol–water partition coefficient (Wildman–Crippen LogP) is 2.14. The fourth-order valence-corrected chi connectivity index (χ4v) is 3.64. The summed E-state index contributed by atoms with van der Waals surface area (Å²) in [4.78, 5) is 0. The fourth-order valence-electron chi connectivity index (χ4n) is 3.64. The van der Waals surface area contributed by atoms with Crippen LogP contribution >= 0.6 is 0 Å². The van der Waals surface area contributed by atoms with Crippen LogP contribution in [-0.4, -0.2) is 41.1 Å². The molecule has 5 heteroatoms. The summed E-state index contributed by atoms with van der Waals surface area (Å²) in [5.41, 5.74) is 0.238. The number of benzene rings is 1. The van der Waals surface area contributed by atoms with Crippen LogP contribution in [0, 0.1) is 0 Å². The zero-order chi connectivity index (χ0) is 16.1. The third-order valence-electron chi connectivity index (χ3n) is 4.67. The van der Waals surface area contributed by atoms with E-state index in [2.05, 4.69) is 0 Å². The first kappa shape index (κ1) is 15.3. The van der Waals surface area contributed by atoms with E-state index in [1.54, 1.807) is 0 Å². The van der Waals surface area contributed by atoms with E-state index in [1.165, 1.54) is 0 Å². The Hall–Kier alpha value is -1.24. The SMILES string of the molecule is CC1(C)O[C@H]2O[C@@H]3[C@H](O)CC=C[C@]3(OCc3ccccc3)[C@H]2O1. The fraction of sp³-hybridized carbons (Fsp3) is 0.556. The van der Waals surface area contributed by atoms with Gasteiger partial charge < -0.3 is 24.1 Å². The maximum Gasteiger partial charge on any atom is 0.191 e. The summed E-state index contributed by atoms with van der Waals surface area (Å²) in [6, 6.07) is 9.95. The third kappa shape index (κ3) is 2.53. The van der Waals surface area contributed by atoms with Crippen LogP contribution in [0.15, 0.2) is 42.5 Å². The summed E-state index contributed by atoms with van der Waals surface area (Å²) in [5.74, 6) is -0.723. The summed E-state index contributed by atoms with van der Waals surface area (Å²) in [6.45, 7) is 4.14. The molecular formula is C18H22O5. The average Bonchev–Trinajstić information content (AvgIpc) is 2.98. The van der Waals surface area contributed by atoms with E-state index in [-0.39, 0.29) is 0 Å². The highest BCUT2D eigenvalue weighted by atomic mass is 16.8. The van der Waals surface area contributed by atoms with Gasteiger partial charge in [0, 0.05) is 0 Å². The molecule has 124 valence electrons. The molecule has 2 saturated heterocycles. The van der Waals surface area contributed by atoms with Crippen molar-refractivity contribution in [2.45, 2.75) is 62.9 Å². The van der Waals surface area contributed by atoms with Crippen molar-refractivity contribution >= 4 is 0 Å². The highest BCUT2D eigenvalue weighted by molar-refractivity contribution is 5.23. The van der Waals surface area contributed by atoms with E-state index >= 15 is 0 Å². The summed E-state index contributed by atoms with van der Waals surface area (Å²) in [5, 5.41) is 10.4. The van der Waals surface area contributed by atoms with Crippen molar-refractivity contribution in [3.8, 4) is 0 Å². The molecule has 1 aromatic carbocycles. The number of hydrogen-bond acceptors (Lipinski definition) is 5. The number of aliphatic hydroxyl groups is 1. The number of hydrogen-bond donors (Lipinski definition) is 1. The van der Waals surface area contributed by atoms with Crippen molar-refractivity contribution in [3.63, 3.8) is 0 Å². The van der Waals surface area contributed by atoms with Gasteiger partial charge in [0.1, 0.15) is 17.8 Å². The van der Waals surface area contributed by atoms with Gasteiger partial charge in [-0.1, -0.05) is 42.5 Å². The number of rotatable bonds is 3. The molecule has 2 aliphatic heterocycles. The third-order valence-corrected chi connectivity index (χ3v) is 4.67. The Kier molecular flexibility index (Phi) is 3.59. The van der Waals surface area contributed by atoms with Crippen molar-refractivity contribution in [2.24, 2.45) is 0 Å². The van der Waals surface area contributed by atoms with Crippen LogP contribution in [0.1, 0.15) is 25.8 Å². The summed E-state index contributed by atoms with van der Waals surface area (Å²) >= 11 is 0. The lowest BCUT2D eigenvalue weighted by Crippen LogP contribution is -2.55. The van der Waals surface area contributed by atoms with Crippen LogP contribution in [0.4, 0.5) is 0 Å². The van der Waals surface area contributed by atoms with Crippen LogP contribution in [0.5, 0.6) is 0 Å². The Morgan fingerprint density at radius 2 is 1.96 bits per heavy atom. The molecule has 0 aromatic heterocycles. The lowest BCUT2D eigenvalue weighted by molar-refractivity contribution is -0.244. The molecule has 23 heavy (non-hydrogen) atoms. The quantitative estimate of drug-likeness (QED) is 0.865. The zero-order valence-electron chi connectivity index (χ0n) is 13.3. The molecule has 5 atom stereocenters. The Balaban J connectivity index is 1.63. The lowest BCUT2D eigenvalue weighted by atomic mass is 9.83.